The Kier molecular flexibility index (Phi) is 5.85. The molecule has 0 bridgehead atoms. The highest BCUT2D eigenvalue weighted by atomic mass is 35.5. The summed E-state index contributed by atoms with van der Waals surface area (Å²) >= 11 is 6.10. The van der Waals surface area contributed by atoms with Gasteiger partial charge >= 0.3 is 5.97 Å². The number of anilines is 1. The fourth-order valence-electron chi connectivity index (χ4n) is 4.47. The molecular formula is C31H18ClNO6. The number of nitrogens with zero attached hydrogens (tertiary/aromatic N) is 1. The minimum atomic E-state index is -0.891. The summed E-state index contributed by atoms with van der Waals surface area (Å²) in [5, 5.41) is 0.467. The summed E-state index contributed by atoms with van der Waals surface area (Å²) < 4.78 is 11.6. The second kappa shape index (κ2) is 9.38. The van der Waals surface area contributed by atoms with Crippen molar-refractivity contribution in [1.29, 1.82) is 0 Å². The molecule has 4 aromatic carbocycles. The molecule has 0 spiro atoms. The first-order valence-corrected chi connectivity index (χ1v) is 12.3. The van der Waals surface area contributed by atoms with Crippen molar-refractivity contribution in [3.63, 3.8) is 0 Å². The van der Waals surface area contributed by atoms with Gasteiger partial charge in [-0.2, -0.15) is 0 Å². The number of hydrogen-bond donors (Lipinski definition) is 0. The van der Waals surface area contributed by atoms with Crippen LogP contribution in [-0.4, -0.2) is 17.8 Å². The summed E-state index contributed by atoms with van der Waals surface area (Å²) in [6.45, 7) is 1.92. The number of imide groups is 1. The van der Waals surface area contributed by atoms with Gasteiger partial charge in [0.2, 0.25) is 11.2 Å². The van der Waals surface area contributed by atoms with Gasteiger partial charge < -0.3 is 9.15 Å². The fourth-order valence-corrected chi connectivity index (χ4v) is 4.64. The van der Waals surface area contributed by atoms with Crippen molar-refractivity contribution in [2.45, 2.75) is 6.92 Å². The number of fused-ring (bicyclic) bond motifs is 2. The molecule has 1 aromatic heterocycles. The zero-order valence-electron chi connectivity index (χ0n) is 20.4. The molecular weight excluding hydrogens is 518 g/mol. The molecule has 0 N–H and O–H groups in total. The lowest BCUT2D eigenvalue weighted by atomic mass is 10.1. The van der Waals surface area contributed by atoms with E-state index in [2.05, 4.69) is 0 Å². The topological polar surface area (TPSA) is 93.9 Å². The molecule has 0 unspecified atom stereocenters. The molecule has 190 valence electrons. The third-order valence-electron chi connectivity index (χ3n) is 6.46. The predicted octanol–water partition coefficient (Wildman–Crippen LogP) is 6.44. The maximum atomic E-state index is 13.5. The maximum absolute atomic E-state index is 13.5. The van der Waals surface area contributed by atoms with Gasteiger partial charge in [-0.15, -0.1) is 0 Å². The van der Waals surface area contributed by atoms with Crippen LogP contribution in [0.1, 0.15) is 36.6 Å². The highest BCUT2D eigenvalue weighted by molar-refractivity contribution is 6.34. The molecule has 0 aliphatic carbocycles. The number of benzene rings is 4. The second-order valence-corrected chi connectivity index (χ2v) is 9.46. The first kappa shape index (κ1) is 24.3. The van der Waals surface area contributed by atoms with Crippen LogP contribution >= 0.6 is 11.6 Å². The third-order valence-corrected chi connectivity index (χ3v) is 6.69. The zero-order valence-corrected chi connectivity index (χ0v) is 21.2. The Morgan fingerprint density at radius 2 is 1.54 bits per heavy atom. The van der Waals surface area contributed by atoms with Gasteiger partial charge in [0.25, 0.3) is 11.8 Å². The number of para-hydroxylation sites is 1. The maximum Gasteiger partial charge on any atom is 0.343 e. The van der Waals surface area contributed by atoms with E-state index in [0.29, 0.717) is 16.3 Å². The van der Waals surface area contributed by atoms with Crippen LogP contribution in [0.5, 0.6) is 5.75 Å². The van der Waals surface area contributed by atoms with Crippen LogP contribution in [0.3, 0.4) is 0 Å². The van der Waals surface area contributed by atoms with E-state index >= 15 is 0 Å². The number of amides is 2. The quantitative estimate of drug-likeness (QED) is 0.194. The average Bonchev–Trinajstić information content (AvgIpc) is 3.20. The summed E-state index contributed by atoms with van der Waals surface area (Å²) in [6.07, 6.45) is 0. The minimum Gasteiger partial charge on any atom is -0.452 e. The Morgan fingerprint density at radius 3 is 2.28 bits per heavy atom. The number of hydrogen-bond acceptors (Lipinski definition) is 6. The van der Waals surface area contributed by atoms with Crippen LogP contribution in [0.2, 0.25) is 5.02 Å². The van der Waals surface area contributed by atoms with Gasteiger partial charge in [-0.25, -0.2) is 9.69 Å². The second-order valence-electron chi connectivity index (χ2n) is 9.03. The van der Waals surface area contributed by atoms with E-state index in [1.54, 1.807) is 54.6 Å². The number of ether oxygens (including phenoxy) is 1. The Hall–Kier alpha value is -5.01. The monoisotopic (exact) mass is 535 g/mol. The van der Waals surface area contributed by atoms with Gasteiger partial charge in [-0.1, -0.05) is 59.6 Å². The van der Waals surface area contributed by atoms with Crippen molar-refractivity contribution >= 4 is 46.0 Å². The first-order chi connectivity index (χ1) is 18.8. The van der Waals surface area contributed by atoms with Crippen molar-refractivity contribution in [3.8, 4) is 17.1 Å². The van der Waals surface area contributed by atoms with Gasteiger partial charge in [0.1, 0.15) is 5.58 Å². The van der Waals surface area contributed by atoms with Crippen molar-refractivity contribution in [2.24, 2.45) is 0 Å². The molecule has 0 saturated heterocycles. The third kappa shape index (κ3) is 4.19. The normalized spacial score (nSPS) is 12.6. The standard InChI is InChI=1S/C31H18ClNO6/c1-17-7-9-18(10-8-17)27-28(26(34)24-16-20(32)12-14-25(24)38-27)39-31(37)19-11-13-22-23(15-19)30(36)33(29(22)35)21-5-3-2-4-6-21/h2-16H,1H3. The summed E-state index contributed by atoms with van der Waals surface area (Å²) in [6, 6.07) is 24.4. The van der Waals surface area contributed by atoms with Crippen LogP contribution in [0.15, 0.2) is 100 Å². The molecule has 0 fully saturated rings. The smallest absolute Gasteiger partial charge is 0.343 e. The molecule has 1 aliphatic heterocycles. The van der Waals surface area contributed by atoms with Gasteiger partial charge in [-0.05, 0) is 55.5 Å². The summed E-state index contributed by atoms with van der Waals surface area (Å²) in [5.41, 5.74) is 1.87. The molecule has 8 heteroatoms. The Morgan fingerprint density at radius 1 is 0.821 bits per heavy atom. The molecule has 1 aliphatic rings. The molecule has 7 nitrogen and oxygen atoms in total. The molecule has 2 heterocycles. The first-order valence-electron chi connectivity index (χ1n) is 12.0. The van der Waals surface area contributed by atoms with Gasteiger partial charge in [0.15, 0.2) is 5.76 Å². The van der Waals surface area contributed by atoms with E-state index in [1.807, 2.05) is 19.1 Å². The lowest BCUT2D eigenvalue weighted by Crippen LogP contribution is -2.29. The molecule has 5 aromatic rings. The van der Waals surface area contributed by atoms with Crippen molar-refractivity contribution in [1.82, 2.24) is 0 Å². The zero-order chi connectivity index (χ0) is 27.3. The predicted molar refractivity (Wildman–Crippen MR) is 147 cm³/mol. The molecule has 2 amide bonds. The van der Waals surface area contributed by atoms with E-state index in [4.69, 9.17) is 20.8 Å². The van der Waals surface area contributed by atoms with E-state index in [-0.39, 0.29) is 39.2 Å². The van der Waals surface area contributed by atoms with Gasteiger partial charge in [-0.3, -0.25) is 14.4 Å². The summed E-state index contributed by atoms with van der Waals surface area (Å²) in [5.74, 6) is -2.18. The van der Waals surface area contributed by atoms with E-state index in [9.17, 15) is 19.2 Å². The van der Waals surface area contributed by atoms with E-state index < -0.39 is 23.2 Å². The van der Waals surface area contributed by atoms with Crippen LogP contribution in [0, 0.1) is 6.92 Å². The lowest BCUT2D eigenvalue weighted by molar-refractivity contribution is 0.0730. The highest BCUT2D eigenvalue weighted by Crippen LogP contribution is 2.33. The highest BCUT2D eigenvalue weighted by Gasteiger charge is 2.37. The Labute approximate surface area is 226 Å². The molecule has 0 atom stereocenters. The summed E-state index contributed by atoms with van der Waals surface area (Å²) in [4.78, 5) is 53.9. The Balaban J connectivity index is 1.41. The molecule has 0 radical (unpaired) electrons. The average molecular weight is 536 g/mol. The molecule has 0 saturated carbocycles. The van der Waals surface area contributed by atoms with Crippen molar-refractivity contribution in [2.75, 3.05) is 4.90 Å². The number of carbonyl (C=O) groups excluding carboxylic acids is 3. The molecule has 39 heavy (non-hydrogen) atoms. The Bertz CT molecular complexity index is 1880. The fraction of sp³-hybridized carbons (Fsp3) is 0.0323. The lowest BCUT2D eigenvalue weighted by Gasteiger charge is -2.13. The van der Waals surface area contributed by atoms with Crippen LogP contribution in [0.25, 0.3) is 22.3 Å². The molecule has 6 rings (SSSR count). The number of rotatable bonds is 4. The van der Waals surface area contributed by atoms with Crippen LogP contribution < -0.4 is 15.1 Å². The van der Waals surface area contributed by atoms with Crippen LogP contribution in [-0.2, 0) is 0 Å². The van der Waals surface area contributed by atoms with E-state index in [1.165, 1.54) is 24.3 Å². The van der Waals surface area contributed by atoms with Gasteiger partial charge in [0.05, 0.1) is 27.8 Å². The van der Waals surface area contributed by atoms with Crippen LogP contribution in [0.4, 0.5) is 5.69 Å². The van der Waals surface area contributed by atoms with Crippen molar-refractivity contribution in [3.05, 3.63) is 128 Å². The van der Waals surface area contributed by atoms with Crippen molar-refractivity contribution < 1.29 is 23.5 Å². The van der Waals surface area contributed by atoms with E-state index in [0.717, 1.165) is 10.5 Å². The summed E-state index contributed by atoms with van der Waals surface area (Å²) in [7, 11) is 0. The largest absolute Gasteiger partial charge is 0.452 e. The minimum absolute atomic E-state index is 0.00902. The SMILES string of the molecule is Cc1ccc(-c2oc3ccc(Cl)cc3c(=O)c2OC(=O)c2ccc3c(c2)C(=O)N(c2ccccc2)C3=O)cc1. The number of esters is 1. The van der Waals surface area contributed by atoms with Gasteiger partial charge in [0, 0.05) is 10.6 Å². The number of halogens is 1. The number of aryl methyl sites for hydroxylation is 1. The number of carbonyl (C=O) groups is 3.